The number of carbonyl (C=O) groups excluding carboxylic acids is 1. The molecule has 1 atom stereocenters. The Morgan fingerprint density at radius 3 is 2.43 bits per heavy atom. The van der Waals surface area contributed by atoms with Crippen molar-refractivity contribution < 1.29 is 14.5 Å². The van der Waals surface area contributed by atoms with E-state index in [1.165, 1.54) is 13.2 Å². The molecule has 0 radical (unpaired) electrons. The average Bonchev–Trinajstić information content (AvgIpc) is 2.42. The second-order valence-electron chi connectivity index (χ2n) is 5.95. The van der Waals surface area contributed by atoms with Crippen molar-refractivity contribution in [1.82, 2.24) is 0 Å². The van der Waals surface area contributed by atoms with Gasteiger partial charge in [0.15, 0.2) is 0 Å². The van der Waals surface area contributed by atoms with Gasteiger partial charge in [0, 0.05) is 11.6 Å². The number of methoxy groups -OCH3 is 1. The normalized spacial score (nSPS) is 12.6. The maximum Gasteiger partial charge on any atom is 0.313 e. The van der Waals surface area contributed by atoms with Gasteiger partial charge in [-0.25, -0.2) is 0 Å². The van der Waals surface area contributed by atoms with Gasteiger partial charge in [0.1, 0.15) is 0 Å². The van der Waals surface area contributed by atoms with Crippen LogP contribution in [0.15, 0.2) is 36.4 Å². The van der Waals surface area contributed by atoms with Crippen molar-refractivity contribution in [1.29, 1.82) is 0 Å². The fourth-order valence-electron chi connectivity index (χ4n) is 1.96. The number of ether oxygens (including phenoxy) is 1. The maximum atomic E-state index is 12.1. The number of para-hydroxylation sites is 1. The van der Waals surface area contributed by atoms with Gasteiger partial charge in [-0.1, -0.05) is 51.1 Å². The van der Waals surface area contributed by atoms with Gasteiger partial charge in [-0.2, -0.15) is 0 Å². The van der Waals surface area contributed by atoms with Crippen molar-refractivity contribution in [3.63, 3.8) is 0 Å². The molecule has 0 N–H and O–H groups in total. The fraction of sp³-hybridized carbons (Fsp3) is 0.438. The Morgan fingerprint density at radius 2 is 1.95 bits per heavy atom. The Balaban J connectivity index is 3.25. The van der Waals surface area contributed by atoms with Crippen LogP contribution in [0.1, 0.15) is 38.7 Å². The smallest absolute Gasteiger partial charge is 0.313 e. The molecular weight excluding hydrogens is 270 g/mol. The van der Waals surface area contributed by atoms with Crippen LogP contribution in [0.3, 0.4) is 0 Å². The molecule has 0 amide bonds. The molecule has 5 nitrogen and oxygen atoms in total. The zero-order valence-corrected chi connectivity index (χ0v) is 12.9. The quantitative estimate of drug-likeness (QED) is 0.357. The van der Waals surface area contributed by atoms with E-state index in [1.807, 2.05) is 20.8 Å². The van der Waals surface area contributed by atoms with E-state index in [1.54, 1.807) is 18.2 Å². The first-order valence-electron chi connectivity index (χ1n) is 6.68. The van der Waals surface area contributed by atoms with Crippen molar-refractivity contribution >= 4 is 11.7 Å². The first-order valence-corrected chi connectivity index (χ1v) is 6.68. The van der Waals surface area contributed by atoms with Crippen LogP contribution in [0, 0.1) is 15.5 Å². The first kappa shape index (κ1) is 16.9. The van der Waals surface area contributed by atoms with E-state index < -0.39 is 16.8 Å². The van der Waals surface area contributed by atoms with Gasteiger partial charge in [-0.05, 0) is 11.8 Å². The lowest BCUT2D eigenvalue weighted by Crippen LogP contribution is -2.20. The summed E-state index contributed by atoms with van der Waals surface area (Å²) in [5, 5.41) is 11.2. The van der Waals surface area contributed by atoms with Crippen LogP contribution in [-0.4, -0.2) is 18.0 Å². The number of rotatable bonds is 5. The van der Waals surface area contributed by atoms with Crippen molar-refractivity contribution in [2.45, 2.75) is 33.1 Å². The van der Waals surface area contributed by atoms with Gasteiger partial charge in [0.2, 0.25) is 0 Å². The van der Waals surface area contributed by atoms with Gasteiger partial charge < -0.3 is 4.74 Å². The van der Waals surface area contributed by atoms with Gasteiger partial charge in [0.05, 0.1) is 18.0 Å². The topological polar surface area (TPSA) is 69.4 Å². The third-order valence-electron chi connectivity index (χ3n) is 3.51. The lowest BCUT2D eigenvalue weighted by Gasteiger charge is -2.25. The van der Waals surface area contributed by atoms with Crippen molar-refractivity contribution in [3.8, 4) is 0 Å². The summed E-state index contributed by atoms with van der Waals surface area (Å²) in [5.74, 6) is -1.21. The summed E-state index contributed by atoms with van der Waals surface area (Å²) < 4.78 is 4.81. The van der Waals surface area contributed by atoms with E-state index in [0.29, 0.717) is 12.0 Å². The third kappa shape index (κ3) is 4.15. The SMILES string of the molecule is C=C(C[C@@H](C(=O)OC)c1ccccc1[N+](=O)[O-])C(C)(C)C. The molecule has 0 unspecified atom stereocenters. The average molecular weight is 291 g/mol. The van der Waals surface area contributed by atoms with Crippen LogP contribution >= 0.6 is 0 Å². The molecule has 114 valence electrons. The fourth-order valence-corrected chi connectivity index (χ4v) is 1.96. The van der Waals surface area contributed by atoms with Crippen LogP contribution < -0.4 is 0 Å². The zero-order chi connectivity index (χ0) is 16.2. The number of hydrogen-bond acceptors (Lipinski definition) is 4. The van der Waals surface area contributed by atoms with Gasteiger partial charge in [0.25, 0.3) is 5.69 Å². The Kier molecular flexibility index (Phi) is 5.24. The largest absolute Gasteiger partial charge is 0.469 e. The Morgan fingerprint density at radius 1 is 1.38 bits per heavy atom. The molecule has 0 saturated carbocycles. The number of carbonyl (C=O) groups is 1. The van der Waals surface area contributed by atoms with Gasteiger partial charge >= 0.3 is 5.97 Å². The number of hydrogen-bond donors (Lipinski definition) is 0. The molecule has 0 fully saturated rings. The van der Waals surface area contributed by atoms with E-state index in [9.17, 15) is 14.9 Å². The molecule has 21 heavy (non-hydrogen) atoms. The van der Waals surface area contributed by atoms with E-state index in [2.05, 4.69) is 6.58 Å². The number of esters is 1. The van der Waals surface area contributed by atoms with Crippen molar-refractivity contribution in [2.75, 3.05) is 7.11 Å². The molecule has 0 heterocycles. The Bertz CT molecular complexity index is 558. The summed E-state index contributed by atoms with van der Waals surface area (Å²) in [4.78, 5) is 22.7. The minimum Gasteiger partial charge on any atom is -0.469 e. The lowest BCUT2D eigenvalue weighted by atomic mass is 9.80. The Labute approximate surface area is 124 Å². The highest BCUT2D eigenvalue weighted by molar-refractivity contribution is 5.80. The highest BCUT2D eigenvalue weighted by Crippen LogP contribution is 2.36. The summed E-state index contributed by atoms with van der Waals surface area (Å²) in [7, 11) is 1.28. The van der Waals surface area contributed by atoms with Crippen LogP contribution in [0.2, 0.25) is 0 Å². The number of nitro benzene ring substituents is 1. The summed E-state index contributed by atoms with van der Waals surface area (Å²) in [6, 6.07) is 6.24. The molecular formula is C16H21NO4. The standard InChI is InChI=1S/C16H21NO4/c1-11(16(2,3)4)10-13(15(18)21-5)12-8-6-7-9-14(12)17(19)20/h6-9,13H,1,10H2,2-5H3/t13-/m1/s1. The Hall–Kier alpha value is -2.17. The van der Waals surface area contributed by atoms with Crippen molar-refractivity contribution in [3.05, 3.63) is 52.1 Å². The number of allylic oxidation sites excluding steroid dienone is 1. The van der Waals surface area contributed by atoms with E-state index in [0.717, 1.165) is 5.57 Å². The predicted octanol–water partition coefficient (Wildman–Crippen LogP) is 3.84. The first-order chi connectivity index (χ1) is 9.68. The lowest BCUT2D eigenvalue weighted by molar-refractivity contribution is -0.385. The van der Waals surface area contributed by atoms with E-state index in [4.69, 9.17) is 4.74 Å². The van der Waals surface area contributed by atoms with Gasteiger partial charge in [-0.15, -0.1) is 0 Å². The maximum absolute atomic E-state index is 12.1. The van der Waals surface area contributed by atoms with Crippen LogP contribution in [0.5, 0.6) is 0 Å². The zero-order valence-electron chi connectivity index (χ0n) is 12.9. The highest BCUT2D eigenvalue weighted by Gasteiger charge is 2.31. The molecule has 1 aromatic rings. The predicted molar refractivity (Wildman–Crippen MR) is 81.1 cm³/mol. The number of nitro groups is 1. The van der Waals surface area contributed by atoms with E-state index in [-0.39, 0.29) is 11.1 Å². The van der Waals surface area contributed by atoms with Crippen molar-refractivity contribution in [2.24, 2.45) is 5.41 Å². The van der Waals surface area contributed by atoms with Crippen LogP contribution in [-0.2, 0) is 9.53 Å². The molecule has 0 spiro atoms. The number of nitrogens with zero attached hydrogens (tertiary/aromatic N) is 1. The van der Waals surface area contributed by atoms with Crippen LogP contribution in [0.25, 0.3) is 0 Å². The molecule has 0 aromatic heterocycles. The monoisotopic (exact) mass is 291 g/mol. The molecule has 0 saturated heterocycles. The summed E-state index contributed by atoms with van der Waals surface area (Å²) in [5.41, 5.74) is 0.945. The molecule has 0 aliphatic carbocycles. The van der Waals surface area contributed by atoms with Gasteiger partial charge in [-0.3, -0.25) is 14.9 Å². The molecule has 1 aromatic carbocycles. The summed E-state index contributed by atoms with van der Waals surface area (Å²) >= 11 is 0. The minimum absolute atomic E-state index is 0.0744. The third-order valence-corrected chi connectivity index (χ3v) is 3.51. The molecule has 0 aliphatic heterocycles. The molecule has 5 heteroatoms. The summed E-state index contributed by atoms with van der Waals surface area (Å²) in [6.07, 6.45) is 0.320. The molecule has 1 rings (SSSR count). The second-order valence-corrected chi connectivity index (χ2v) is 5.95. The minimum atomic E-state index is -0.719. The highest BCUT2D eigenvalue weighted by atomic mass is 16.6. The van der Waals surface area contributed by atoms with E-state index >= 15 is 0 Å². The number of benzene rings is 1. The summed E-state index contributed by atoms with van der Waals surface area (Å²) in [6.45, 7) is 9.97. The second kappa shape index (κ2) is 6.52. The van der Waals surface area contributed by atoms with Crippen LogP contribution in [0.4, 0.5) is 5.69 Å². The molecule has 0 aliphatic rings. The molecule has 0 bridgehead atoms.